The molecule has 0 aliphatic carbocycles. The molecule has 0 heterocycles. The van der Waals surface area contributed by atoms with E-state index < -0.39 is 28.6 Å². The molecule has 1 amide bonds. The Labute approximate surface area is 134 Å². The van der Waals surface area contributed by atoms with Gasteiger partial charge in [-0.2, -0.15) is 0 Å². The zero-order valence-electron chi connectivity index (χ0n) is 12.0. The first-order chi connectivity index (χ1) is 11.3. The summed E-state index contributed by atoms with van der Waals surface area (Å²) in [5.41, 5.74) is -0.492. The number of halogens is 3. The summed E-state index contributed by atoms with van der Waals surface area (Å²) in [6.07, 6.45) is -4.86. The van der Waals surface area contributed by atoms with E-state index >= 15 is 0 Å². The highest BCUT2D eigenvalue weighted by Gasteiger charge is 2.32. The molecule has 126 valence electrons. The quantitative estimate of drug-likeness (QED) is 0.668. The molecule has 0 radical (unpaired) electrons. The van der Waals surface area contributed by atoms with Crippen LogP contribution >= 0.6 is 0 Å². The molecule has 0 aliphatic rings. The smallest absolute Gasteiger partial charge is 0.405 e. The fourth-order valence-corrected chi connectivity index (χ4v) is 1.97. The van der Waals surface area contributed by atoms with Crippen molar-refractivity contribution < 1.29 is 27.6 Å². The number of ether oxygens (including phenoxy) is 1. The summed E-state index contributed by atoms with van der Waals surface area (Å²) >= 11 is 0. The molecule has 0 unspecified atom stereocenters. The third-order valence-corrected chi connectivity index (χ3v) is 2.98. The fraction of sp³-hybridized carbons (Fsp3) is 0.133. The maximum Gasteiger partial charge on any atom is 0.573 e. The van der Waals surface area contributed by atoms with Crippen LogP contribution in [-0.2, 0) is 6.54 Å². The van der Waals surface area contributed by atoms with E-state index in [1.165, 1.54) is 36.4 Å². The zero-order valence-corrected chi connectivity index (χ0v) is 12.0. The molecular weight excluding hydrogens is 329 g/mol. The number of para-hydroxylation sites is 2. The van der Waals surface area contributed by atoms with Gasteiger partial charge >= 0.3 is 6.36 Å². The molecule has 0 atom stereocenters. The molecule has 0 aromatic heterocycles. The Hall–Kier alpha value is -3.10. The van der Waals surface area contributed by atoms with Crippen molar-refractivity contribution >= 4 is 11.6 Å². The summed E-state index contributed by atoms with van der Waals surface area (Å²) in [5.74, 6) is -1.23. The minimum Gasteiger partial charge on any atom is -0.405 e. The number of nitro benzene ring substituents is 1. The predicted octanol–water partition coefficient (Wildman–Crippen LogP) is 3.42. The standard InChI is InChI=1S/C15H11F3N2O4/c16-15(17,18)24-13-8-4-1-5-10(13)9-19-14(21)11-6-2-3-7-12(11)20(22)23/h1-8H,9H2,(H,19,21). The SMILES string of the molecule is O=C(NCc1ccccc1OC(F)(F)F)c1ccccc1[N+](=O)[O-]. The van der Waals surface area contributed by atoms with Crippen molar-refractivity contribution in [2.45, 2.75) is 12.9 Å². The lowest BCUT2D eigenvalue weighted by atomic mass is 10.1. The van der Waals surface area contributed by atoms with Gasteiger partial charge in [0.25, 0.3) is 11.6 Å². The molecule has 0 aliphatic heterocycles. The molecule has 6 nitrogen and oxygen atoms in total. The summed E-state index contributed by atoms with van der Waals surface area (Å²) in [4.78, 5) is 22.2. The van der Waals surface area contributed by atoms with Crippen molar-refractivity contribution in [3.8, 4) is 5.75 Å². The third kappa shape index (κ3) is 4.45. The van der Waals surface area contributed by atoms with Crippen LogP contribution in [-0.4, -0.2) is 17.2 Å². The molecule has 0 fully saturated rings. The minimum atomic E-state index is -4.86. The second-order valence-corrected chi connectivity index (χ2v) is 4.61. The van der Waals surface area contributed by atoms with Gasteiger partial charge in [0, 0.05) is 18.2 Å². The maximum absolute atomic E-state index is 12.3. The van der Waals surface area contributed by atoms with Crippen molar-refractivity contribution in [1.82, 2.24) is 5.32 Å². The molecule has 2 rings (SSSR count). The van der Waals surface area contributed by atoms with Crippen LogP contribution in [0.3, 0.4) is 0 Å². The van der Waals surface area contributed by atoms with E-state index in [1.54, 1.807) is 0 Å². The molecule has 24 heavy (non-hydrogen) atoms. The van der Waals surface area contributed by atoms with Crippen LogP contribution in [0.15, 0.2) is 48.5 Å². The summed E-state index contributed by atoms with van der Waals surface area (Å²) in [7, 11) is 0. The first-order valence-electron chi connectivity index (χ1n) is 6.63. The number of carbonyl (C=O) groups excluding carboxylic acids is 1. The number of alkyl halides is 3. The van der Waals surface area contributed by atoms with E-state index in [0.717, 1.165) is 12.1 Å². The van der Waals surface area contributed by atoms with Gasteiger partial charge in [-0.05, 0) is 12.1 Å². The Bertz CT molecular complexity index is 762. The van der Waals surface area contributed by atoms with Gasteiger partial charge < -0.3 is 10.1 Å². The Kier molecular flexibility index (Phi) is 5.02. The summed E-state index contributed by atoms with van der Waals surface area (Å²) in [5, 5.41) is 13.2. The molecular formula is C15H11F3N2O4. The molecule has 1 N–H and O–H groups in total. The van der Waals surface area contributed by atoms with Crippen molar-refractivity contribution in [1.29, 1.82) is 0 Å². The molecule has 9 heteroatoms. The van der Waals surface area contributed by atoms with Crippen molar-refractivity contribution in [2.75, 3.05) is 0 Å². The van der Waals surface area contributed by atoms with E-state index in [4.69, 9.17) is 0 Å². The molecule has 0 bridgehead atoms. The lowest BCUT2D eigenvalue weighted by molar-refractivity contribution is -0.385. The number of hydrogen-bond acceptors (Lipinski definition) is 4. The molecule has 0 saturated heterocycles. The number of carbonyl (C=O) groups is 1. The summed E-state index contributed by atoms with van der Waals surface area (Å²) in [6.45, 7) is -0.281. The lowest BCUT2D eigenvalue weighted by Gasteiger charge is -2.13. The minimum absolute atomic E-state index is 0.0850. The predicted molar refractivity (Wildman–Crippen MR) is 77.4 cm³/mol. The van der Waals surface area contributed by atoms with Crippen LogP contribution in [0.4, 0.5) is 18.9 Å². The maximum atomic E-state index is 12.3. The largest absolute Gasteiger partial charge is 0.573 e. The van der Waals surface area contributed by atoms with Crippen LogP contribution in [0.1, 0.15) is 15.9 Å². The normalized spacial score (nSPS) is 11.0. The van der Waals surface area contributed by atoms with Crippen LogP contribution in [0.2, 0.25) is 0 Å². The number of benzene rings is 2. The summed E-state index contributed by atoms with van der Waals surface area (Å²) < 4.78 is 40.9. The highest BCUT2D eigenvalue weighted by molar-refractivity contribution is 5.98. The van der Waals surface area contributed by atoms with Gasteiger partial charge in [0.15, 0.2) is 0 Å². The highest BCUT2D eigenvalue weighted by Crippen LogP contribution is 2.26. The summed E-state index contributed by atoms with van der Waals surface area (Å²) in [6, 6.07) is 10.6. The Morgan fingerprint density at radius 3 is 2.42 bits per heavy atom. The average molecular weight is 340 g/mol. The van der Waals surface area contributed by atoms with Crippen LogP contribution in [0.5, 0.6) is 5.75 Å². The Balaban J connectivity index is 2.15. The Morgan fingerprint density at radius 1 is 1.12 bits per heavy atom. The molecule has 0 spiro atoms. The number of nitrogens with zero attached hydrogens (tertiary/aromatic N) is 1. The van der Waals surface area contributed by atoms with Gasteiger partial charge in [-0.25, -0.2) is 0 Å². The van der Waals surface area contributed by atoms with Crippen molar-refractivity contribution in [3.63, 3.8) is 0 Å². The van der Waals surface area contributed by atoms with Gasteiger partial charge in [0.1, 0.15) is 11.3 Å². The average Bonchev–Trinajstić information content (AvgIpc) is 2.52. The first kappa shape index (κ1) is 17.3. The van der Waals surface area contributed by atoms with E-state index in [1.807, 2.05) is 0 Å². The monoisotopic (exact) mass is 340 g/mol. The van der Waals surface area contributed by atoms with Gasteiger partial charge in [-0.15, -0.1) is 13.2 Å². The highest BCUT2D eigenvalue weighted by atomic mass is 19.4. The van der Waals surface area contributed by atoms with E-state index in [-0.39, 0.29) is 17.7 Å². The lowest BCUT2D eigenvalue weighted by Crippen LogP contribution is -2.25. The third-order valence-electron chi connectivity index (χ3n) is 2.98. The van der Waals surface area contributed by atoms with Gasteiger partial charge in [0.05, 0.1) is 4.92 Å². The van der Waals surface area contributed by atoms with E-state index in [9.17, 15) is 28.1 Å². The topological polar surface area (TPSA) is 81.5 Å². The van der Waals surface area contributed by atoms with Crippen molar-refractivity contribution in [2.24, 2.45) is 0 Å². The molecule has 2 aromatic rings. The van der Waals surface area contributed by atoms with Gasteiger partial charge in [0.2, 0.25) is 0 Å². The molecule has 0 saturated carbocycles. The van der Waals surface area contributed by atoms with E-state index in [2.05, 4.69) is 10.1 Å². The zero-order chi connectivity index (χ0) is 17.7. The fourth-order valence-electron chi connectivity index (χ4n) is 1.97. The number of nitrogens with one attached hydrogen (secondary N) is 1. The van der Waals surface area contributed by atoms with Crippen molar-refractivity contribution in [3.05, 3.63) is 69.8 Å². The number of rotatable bonds is 5. The van der Waals surface area contributed by atoms with E-state index in [0.29, 0.717) is 0 Å². The number of hydrogen-bond donors (Lipinski definition) is 1. The van der Waals surface area contributed by atoms with Crippen LogP contribution < -0.4 is 10.1 Å². The van der Waals surface area contributed by atoms with Crippen LogP contribution in [0.25, 0.3) is 0 Å². The molecule has 2 aromatic carbocycles. The second kappa shape index (κ2) is 6.99. The number of amides is 1. The van der Waals surface area contributed by atoms with Crippen LogP contribution in [0, 0.1) is 10.1 Å². The Morgan fingerprint density at radius 2 is 1.75 bits per heavy atom. The second-order valence-electron chi connectivity index (χ2n) is 4.61. The first-order valence-corrected chi connectivity index (χ1v) is 6.63. The number of nitro groups is 1. The van der Waals surface area contributed by atoms with Gasteiger partial charge in [-0.1, -0.05) is 30.3 Å². The van der Waals surface area contributed by atoms with Gasteiger partial charge in [-0.3, -0.25) is 14.9 Å².